The van der Waals surface area contributed by atoms with E-state index < -0.39 is 0 Å². The highest BCUT2D eigenvalue weighted by atomic mass is 14.2. The second-order valence-corrected chi connectivity index (χ2v) is 6.25. The Hall–Kier alpha value is -1.30. The highest BCUT2D eigenvalue weighted by molar-refractivity contribution is 5.70. The van der Waals surface area contributed by atoms with Crippen LogP contribution >= 0.6 is 0 Å². The normalized spacial score (nSPS) is 15.2. The van der Waals surface area contributed by atoms with E-state index in [1.54, 1.807) is 0 Å². The lowest BCUT2D eigenvalue weighted by Crippen LogP contribution is -2.02. The van der Waals surface area contributed by atoms with E-state index in [-0.39, 0.29) is 0 Å². The molecule has 0 bridgehead atoms. The summed E-state index contributed by atoms with van der Waals surface area (Å²) < 4.78 is 0. The Morgan fingerprint density at radius 2 is 1.53 bits per heavy atom. The maximum absolute atomic E-state index is 2.41. The Morgan fingerprint density at radius 1 is 0.947 bits per heavy atom. The molecule has 0 atom stereocenters. The van der Waals surface area contributed by atoms with Gasteiger partial charge in [0.05, 0.1) is 0 Å². The van der Waals surface area contributed by atoms with E-state index in [2.05, 4.69) is 65.0 Å². The summed E-state index contributed by atoms with van der Waals surface area (Å²) in [5, 5.41) is 0. The zero-order valence-electron chi connectivity index (χ0n) is 13.0. The molecule has 0 heterocycles. The number of allylic oxidation sites excluding steroid dienone is 4. The Kier molecular flexibility index (Phi) is 4.29. The van der Waals surface area contributed by atoms with Crippen LogP contribution < -0.4 is 0 Å². The van der Waals surface area contributed by atoms with Crippen LogP contribution in [0.5, 0.6) is 0 Å². The lowest BCUT2D eigenvalue weighted by molar-refractivity contribution is 0.815. The maximum Gasteiger partial charge on any atom is -0.0216 e. The smallest absolute Gasteiger partial charge is 0.0216 e. The van der Waals surface area contributed by atoms with Crippen molar-refractivity contribution in [3.05, 3.63) is 52.6 Å². The molecule has 19 heavy (non-hydrogen) atoms. The third kappa shape index (κ3) is 3.00. The summed E-state index contributed by atoms with van der Waals surface area (Å²) in [5.74, 6) is 1.19. The number of rotatable bonds is 3. The van der Waals surface area contributed by atoms with Gasteiger partial charge in [0, 0.05) is 0 Å². The topological polar surface area (TPSA) is 0 Å². The Labute approximate surface area is 118 Å². The van der Waals surface area contributed by atoms with Gasteiger partial charge < -0.3 is 0 Å². The van der Waals surface area contributed by atoms with Gasteiger partial charge >= 0.3 is 0 Å². The number of hydrogen-bond acceptors (Lipinski definition) is 0. The van der Waals surface area contributed by atoms with E-state index >= 15 is 0 Å². The molecule has 2 rings (SSSR count). The minimum Gasteiger partial charge on any atom is -0.0842 e. The second kappa shape index (κ2) is 5.77. The van der Waals surface area contributed by atoms with E-state index in [0.29, 0.717) is 11.8 Å². The molecule has 0 unspecified atom stereocenters. The van der Waals surface area contributed by atoms with E-state index in [0.717, 1.165) is 0 Å². The lowest BCUT2D eigenvalue weighted by Gasteiger charge is -2.20. The van der Waals surface area contributed by atoms with Gasteiger partial charge in [0.2, 0.25) is 0 Å². The molecule has 1 aromatic carbocycles. The van der Waals surface area contributed by atoms with Crippen molar-refractivity contribution in [2.45, 2.75) is 59.3 Å². The molecule has 102 valence electrons. The molecular weight excluding hydrogens is 228 g/mol. The minimum absolute atomic E-state index is 0.595. The summed E-state index contributed by atoms with van der Waals surface area (Å²) in [6, 6.07) is 4.83. The Morgan fingerprint density at radius 3 is 1.95 bits per heavy atom. The minimum atomic E-state index is 0.595. The molecule has 1 aliphatic carbocycles. The maximum atomic E-state index is 2.41. The van der Waals surface area contributed by atoms with Crippen LogP contribution in [0.4, 0.5) is 0 Å². The van der Waals surface area contributed by atoms with Crippen LogP contribution in [0.15, 0.2) is 30.4 Å². The van der Waals surface area contributed by atoms with Crippen molar-refractivity contribution >= 4 is 5.57 Å². The summed E-state index contributed by atoms with van der Waals surface area (Å²) in [7, 11) is 0. The summed E-state index contributed by atoms with van der Waals surface area (Å²) in [5.41, 5.74) is 7.43. The zero-order chi connectivity index (χ0) is 14.0. The molecule has 0 N–H and O–H groups in total. The van der Waals surface area contributed by atoms with E-state index in [4.69, 9.17) is 0 Å². The van der Waals surface area contributed by atoms with Crippen LogP contribution in [-0.4, -0.2) is 0 Å². The largest absolute Gasteiger partial charge is 0.0842 e. The summed E-state index contributed by atoms with van der Waals surface area (Å²) in [4.78, 5) is 0. The van der Waals surface area contributed by atoms with Gasteiger partial charge in [-0.15, -0.1) is 0 Å². The van der Waals surface area contributed by atoms with Crippen LogP contribution in [0, 0.1) is 6.92 Å². The van der Waals surface area contributed by atoms with Crippen molar-refractivity contribution in [3.8, 4) is 0 Å². The quantitative estimate of drug-likeness (QED) is 0.623. The molecular formula is C19H26. The van der Waals surface area contributed by atoms with Crippen molar-refractivity contribution in [3.63, 3.8) is 0 Å². The zero-order valence-corrected chi connectivity index (χ0v) is 13.0. The van der Waals surface area contributed by atoms with Gasteiger partial charge in [-0.1, -0.05) is 58.1 Å². The van der Waals surface area contributed by atoms with Crippen molar-refractivity contribution in [2.24, 2.45) is 0 Å². The molecule has 0 radical (unpaired) electrons. The van der Waals surface area contributed by atoms with Gasteiger partial charge in [-0.25, -0.2) is 0 Å². The average Bonchev–Trinajstić information content (AvgIpc) is 2.39. The molecule has 0 nitrogen and oxygen atoms in total. The van der Waals surface area contributed by atoms with Gasteiger partial charge in [0.1, 0.15) is 0 Å². The van der Waals surface area contributed by atoms with E-state index in [9.17, 15) is 0 Å². The summed E-state index contributed by atoms with van der Waals surface area (Å²) in [6.45, 7) is 11.5. The molecule has 0 aromatic heterocycles. The van der Waals surface area contributed by atoms with E-state index in [1.807, 2.05) is 0 Å². The van der Waals surface area contributed by atoms with Gasteiger partial charge in [-0.05, 0) is 59.4 Å². The Balaban J connectivity index is 2.56. The molecule has 0 heteroatoms. The third-order valence-electron chi connectivity index (χ3n) is 4.12. The fourth-order valence-electron chi connectivity index (χ4n) is 2.99. The van der Waals surface area contributed by atoms with Crippen molar-refractivity contribution in [2.75, 3.05) is 0 Å². The van der Waals surface area contributed by atoms with Crippen molar-refractivity contribution in [1.29, 1.82) is 0 Å². The van der Waals surface area contributed by atoms with Crippen LogP contribution in [0.2, 0.25) is 0 Å². The highest BCUT2D eigenvalue weighted by Gasteiger charge is 2.14. The number of benzene rings is 1. The van der Waals surface area contributed by atoms with E-state index in [1.165, 1.54) is 40.7 Å². The fourth-order valence-corrected chi connectivity index (χ4v) is 2.99. The van der Waals surface area contributed by atoms with Crippen LogP contribution in [-0.2, 0) is 0 Å². The monoisotopic (exact) mass is 254 g/mol. The average molecular weight is 254 g/mol. The predicted molar refractivity (Wildman–Crippen MR) is 85.7 cm³/mol. The number of hydrogen-bond donors (Lipinski definition) is 0. The van der Waals surface area contributed by atoms with Gasteiger partial charge in [-0.3, -0.25) is 0 Å². The first-order valence-corrected chi connectivity index (χ1v) is 7.51. The van der Waals surface area contributed by atoms with Gasteiger partial charge in [0.15, 0.2) is 0 Å². The van der Waals surface area contributed by atoms with Crippen LogP contribution in [0.3, 0.4) is 0 Å². The van der Waals surface area contributed by atoms with Crippen LogP contribution in [0.25, 0.3) is 5.57 Å². The molecule has 0 spiro atoms. The summed E-state index contributed by atoms with van der Waals surface area (Å²) in [6.07, 6.45) is 9.08. The standard InChI is InChI=1S/C19H26/c1-13(2)18-11-17(16-9-7-6-8-10-16)12-19(14(3)4)15(18)5/h6-7,9,11-14H,8,10H2,1-5H3. The molecule has 1 aliphatic rings. The molecule has 0 saturated carbocycles. The molecule has 0 aliphatic heterocycles. The molecule has 0 amide bonds. The third-order valence-corrected chi connectivity index (χ3v) is 4.12. The SMILES string of the molecule is Cc1c(C(C)C)cc(C2=CC=CCC2)cc1C(C)C. The first kappa shape index (κ1) is 14.1. The van der Waals surface area contributed by atoms with Crippen molar-refractivity contribution in [1.82, 2.24) is 0 Å². The molecule has 0 fully saturated rings. The fraction of sp³-hybridized carbons (Fsp3) is 0.474. The Bertz CT molecular complexity index is 484. The van der Waals surface area contributed by atoms with Crippen LogP contribution in [0.1, 0.15) is 74.6 Å². The predicted octanol–water partition coefficient (Wildman–Crippen LogP) is 5.98. The van der Waals surface area contributed by atoms with Gasteiger partial charge in [0.25, 0.3) is 0 Å². The summed E-state index contributed by atoms with van der Waals surface area (Å²) >= 11 is 0. The lowest BCUT2D eigenvalue weighted by atomic mass is 9.85. The first-order valence-electron chi connectivity index (χ1n) is 7.51. The first-order chi connectivity index (χ1) is 9.00. The second-order valence-electron chi connectivity index (χ2n) is 6.25. The highest BCUT2D eigenvalue weighted by Crippen LogP contribution is 2.33. The van der Waals surface area contributed by atoms with Gasteiger partial charge in [-0.2, -0.15) is 0 Å². The molecule has 1 aromatic rings. The molecule has 0 saturated heterocycles. The van der Waals surface area contributed by atoms with Crippen molar-refractivity contribution < 1.29 is 0 Å².